The molecule has 94 heavy (non-hydrogen) atoms. The number of aliphatic hydroxyl groups excluding tert-OH is 17. The van der Waals surface area contributed by atoms with Gasteiger partial charge in [-0.15, -0.1) is 0 Å². The summed E-state index contributed by atoms with van der Waals surface area (Å²) in [5, 5.41) is 186. The second kappa shape index (κ2) is 28.2. The van der Waals surface area contributed by atoms with E-state index in [0.717, 1.165) is 12.7 Å². The first kappa shape index (κ1) is 74.3. The van der Waals surface area contributed by atoms with Crippen LogP contribution >= 0.6 is 0 Å². The van der Waals surface area contributed by atoms with Crippen LogP contribution in [-0.4, -0.2) is 311 Å². The van der Waals surface area contributed by atoms with Crippen molar-refractivity contribution in [3.8, 4) is 0 Å². The third kappa shape index (κ3) is 12.8. The number of carbonyl (C=O) groups excluding carboxylic acids is 2. The van der Waals surface area contributed by atoms with E-state index in [1.165, 1.54) is 6.92 Å². The Morgan fingerprint density at radius 2 is 1.19 bits per heavy atom. The van der Waals surface area contributed by atoms with Crippen molar-refractivity contribution in [2.24, 2.45) is 50.2 Å². The van der Waals surface area contributed by atoms with Gasteiger partial charge in [0.25, 0.3) is 0 Å². The van der Waals surface area contributed by atoms with Crippen LogP contribution in [0.15, 0.2) is 11.6 Å². The predicted molar refractivity (Wildman–Crippen MR) is 313 cm³/mol. The van der Waals surface area contributed by atoms with E-state index in [4.69, 9.17) is 52.1 Å². The number of rotatable bonds is 18. The van der Waals surface area contributed by atoms with Crippen LogP contribution in [0.1, 0.15) is 106 Å². The van der Waals surface area contributed by atoms with Gasteiger partial charge in [0.1, 0.15) is 116 Å². The number of hydrogen-bond acceptors (Lipinski definition) is 31. The fraction of sp³-hybridized carbons (Fsp3) is 0.937. The number of hydrogen-bond donors (Lipinski definition) is 17. The standard InChI is InChI=1S/C63H102O31/c1-25-36(69)40(73)46(79)53(87-25)94-50-43(76)38(71)30(20-65)89-56(50)90-31-23-85-55(49(39(31)72)93-54-47(80)41(74)37(70)29(19-64)88-54)91-35-12-13-60(5)32(58(35,2)3)11-14-61(6)33(60)10-9-27-28-17-59(4,15-16-63(28,24-66)34(68)18-62(27,61)7)57(82)86-22-26(67)21-84-52-45(78)42(75)44(77)48(92-52)51(81)83-8/h9,25-26,28-50,52-56,64-80H,10-24H2,1-8H3. The van der Waals surface area contributed by atoms with Gasteiger partial charge in [0, 0.05) is 5.41 Å². The molecule has 0 bridgehead atoms. The van der Waals surface area contributed by atoms with E-state index in [2.05, 4.69) is 45.4 Å². The van der Waals surface area contributed by atoms with Crippen LogP contribution in [-0.2, 0) is 66.4 Å². The average molecular weight is 1360 g/mol. The summed E-state index contributed by atoms with van der Waals surface area (Å²) in [7, 11) is 1.04. The lowest BCUT2D eigenvalue weighted by Gasteiger charge is -2.72. The molecule has 35 atom stereocenters. The number of carbonyl (C=O) groups is 2. The van der Waals surface area contributed by atoms with Gasteiger partial charge in [0.15, 0.2) is 37.6 Å². The molecule has 0 aromatic carbocycles. The quantitative estimate of drug-likeness (QED) is 0.0347. The lowest BCUT2D eigenvalue weighted by Crippen LogP contribution is -2.68. The van der Waals surface area contributed by atoms with Crippen LogP contribution in [0.25, 0.3) is 0 Å². The molecule has 5 saturated heterocycles. The summed E-state index contributed by atoms with van der Waals surface area (Å²) in [6, 6.07) is 0. The Labute approximate surface area is 544 Å². The largest absolute Gasteiger partial charge is 0.467 e. The van der Waals surface area contributed by atoms with Crippen LogP contribution in [0.5, 0.6) is 0 Å². The highest BCUT2D eigenvalue weighted by Gasteiger charge is 2.71. The third-order valence-corrected chi connectivity index (χ3v) is 24.3. The van der Waals surface area contributed by atoms with Gasteiger partial charge in [-0.05, 0) is 111 Å². The van der Waals surface area contributed by atoms with Gasteiger partial charge in [-0.2, -0.15) is 0 Å². The molecule has 0 aromatic rings. The number of methoxy groups -OCH3 is 1. The molecule has 0 radical (unpaired) electrons. The molecule has 31 heteroatoms. The Hall–Kier alpha value is -2.40. The average Bonchev–Trinajstić information content (AvgIpc) is 0.674. The summed E-state index contributed by atoms with van der Waals surface area (Å²) in [5.74, 6) is -2.11. The predicted octanol–water partition coefficient (Wildman–Crippen LogP) is -5.04. The number of ether oxygens (including phenoxy) is 12. The smallest absolute Gasteiger partial charge is 0.337 e. The Kier molecular flexibility index (Phi) is 22.3. The topological polar surface area (TPSA) is 489 Å². The van der Waals surface area contributed by atoms with Gasteiger partial charge in [-0.1, -0.05) is 46.3 Å². The van der Waals surface area contributed by atoms with Crippen molar-refractivity contribution in [3.63, 3.8) is 0 Å². The molecular formula is C63H102O31. The third-order valence-electron chi connectivity index (χ3n) is 24.3. The Morgan fingerprint density at radius 1 is 0.596 bits per heavy atom. The van der Waals surface area contributed by atoms with Crippen molar-refractivity contribution in [1.82, 2.24) is 0 Å². The van der Waals surface area contributed by atoms with Crippen molar-refractivity contribution >= 4 is 11.9 Å². The number of fused-ring (bicyclic) bond motifs is 7. The van der Waals surface area contributed by atoms with Crippen LogP contribution in [0.4, 0.5) is 0 Å². The molecule has 10 rings (SSSR count). The molecular weight excluding hydrogens is 1250 g/mol. The van der Waals surface area contributed by atoms with Crippen LogP contribution in [0, 0.1) is 50.2 Å². The fourth-order valence-electron chi connectivity index (χ4n) is 18.3. The van der Waals surface area contributed by atoms with Crippen molar-refractivity contribution in [2.75, 3.05) is 46.8 Å². The summed E-state index contributed by atoms with van der Waals surface area (Å²) in [6.07, 6.45) is -37.6. The summed E-state index contributed by atoms with van der Waals surface area (Å²) >= 11 is 0. The van der Waals surface area contributed by atoms with Crippen molar-refractivity contribution in [1.29, 1.82) is 0 Å². The van der Waals surface area contributed by atoms with Gasteiger partial charge in [0.2, 0.25) is 0 Å². The van der Waals surface area contributed by atoms with Gasteiger partial charge >= 0.3 is 11.9 Å². The zero-order valence-electron chi connectivity index (χ0n) is 54.3. The first-order valence-electron chi connectivity index (χ1n) is 32.9. The number of aliphatic hydroxyl groups is 17. The normalized spacial score (nSPS) is 52.2. The first-order chi connectivity index (χ1) is 44.1. The number of allylic oxidation sites excluding steroid dienone is 2. The van der Waals surface area contributed by atoms with E-state index in [-0.39, 0.29) is 43.1 Å². The van der Waals surface area contributed by atoms with Gasteiger partial charge in [-0.25, -0.2) is 4.79 Å². The van der Waals surface area contributed by atoms with Crippen LogP contribution in [0.2, 0.25) is 0 Å². The van der Waals surface area contributed by atoms with E-state index in [1.807, 2.05) is 0 Å². The SMILES string of the molecule is COC(=O)C1OC(OCC(O)COC(=O)C2(C)CCC3(CO)C(O)CC4(C)C(=CCC5C6(C)CCC(OC7OCC(OC8OC(CO)C(O)C(O)C8OC8OC(C)C(O)C(O)C8O)C(O)C7OC7OC(CO)C(O)C(O)C7O)C(C)(C)C6CCC54C)C3C2)C(O)C(O)C1O. The Bertz CT molecular complexity index is 2640. The molecule has 0 aromatic heterocycles. The molecule has 5 aliphatic carbocycles. The van der Waals surface area contributed by atoms with Gasteiger partial charge < -0.3 is 144 Å². The number of esters is 2. The summed E-state index contributed by atoms with van der Waals surface area (Å²) in [6.45, 7) is 10.5. The Balaban J connectivity index is 0.852. The molecule has 0 spiro atoms. The summed E-state index contributed by atoms with van der Waals surface area (Å²) < 4.78 is 70.3. The minimum Gasteiger partial charge on any atom is -0.467 e. The molecule has 540 valence electrons. The van der Waals surface area contributed by atoms with E-state index >= 15 is 0 Å². The van der Waals surface area contributed by atoms with Crippen molar-refractivity contribution in [2.45, 2.75) is 272 Å². The van der Waals surface area contributed by atoms with Gasteiger partial charge in [-0.3, -0.25) is 4.79 Å². The molecule has 4 saturated carbocycles. The maximum Gasteiger partial charge on any atom is 0.337 e. The fourth-order valence-corrected chi connectivity index (χ4v) is 18.3. The van der Waals surface area contributed by atoms with E-state index in [1.54, 1.807) is 6.92 Å². The minimum atomic E-state index is -1.95. The van der Waals surface area contributed by atoms with Gasteiger partial charge in [0.05, 0.1) is 63.9 Å². The van der Waals surface area contributed by atoms with E-state index in [9.17, 15) is 96.4 Å². The van der Waals surface area contributed by atoms with Crippen LogP contribution in [0.3, 0.4) is 0 Å². The maximum atomic E-state index is 14.3. The molecule has 35 unspecified atom stereocenters. The highest BCUT2D eigenvalue weighted by atomic mass is 16.8. The zero-order valence-corrected chi connectivity index (χ0v) is 54.3. The lowest BCUT2D eigenvalue weighted by atomic mass is 9.33. The molecule has 31 nitrogen and oxygen atoms in total. The molecule has 9 fully saturated rings. The second-order valence-corrected chi connectivity index (χ2v) is 29.9. The minimum absolute atomic E-state index is 0.0273. The maximum absolute atomic E-state index is 14.3. The first-order valence-corrected chi connectivity index (χ1v) is 32.9. The van der Waals surface area contributed by atoms with Crippen molar-refractivity contribution < 1.29 is 153 Å². The highest BCUT2D eigenvalue weighted by Crippen LogP contribution is 2.76. The second-order valence-electron chi connectivity index (χ2n) is 29.9. The molecule has 0 amide bonds. The molecule has 5 aliphatic heterocycles. The molecule has 10 aliphatic rings. The van der Waals surface area contributed by atoms with Crippen LogP contribution < -0.4 is 0 Å². The monoisotopic (exact) mass is 1350 g/mol. The molecule has 17 N–H and O–H groups in total. The van der Waals surface area contributed by atoms with Crippen molar-refractivity contribution in [3.05, 3.63) is 11.6 Å². The summed E-state index contributed by atoms with van der Waals surface area (Å²) in [5.41, 5.74) is -3.16. The Morgan fingerprint density at radius 3 is 1.83 bits per heavy atom. The van der Waals surface area contributed by atoms with E-state index in [0.29, 0.717) is 38.5 Å². The zero-order chi connectivity index (χ0) is 68.9. The highest BCUT2D eigenvalue weighted by molar-refractivity contribution is 5.77. The summed E-state index contributed by atoms with van der Waals surface area (Å²) in [4.78, 5) is 26.5. The lowest BCUT2D eigenvalue weighted by molar-refractivity contribution is -0.394. The van der Waals surface area contributed by atoms with E-state index < -0.39 is 244 Å². The molecule has 5 heterocycles.